The molecule has 194 valence electrons. The van der Waals surface area contributed by atoms with Crippen molar-refractivity contribution in [1.29, 1.82) is 0 Å². The van der Waals surface area contributed by atoms with Gasteiger partial charge in [0.1, 0.15) is 6.54 Å². The molecule has 0 aromatic heterocycles. The molecule has 0 saturated heterocycles. The van der Waals surface area contributed by atoms with E-state index in [1.807, 2.05) is 47.4 Å². The minimum atomic E-state index is -0.409. The van der Waals surface area contributed by atoms with E-state index in [1.165, 1.54) is 11.1 Å². The summed E-state index contributed by atoms with van der Waals surface area (Å²) in [5.74, 6) is -0.854. The van der Waals surface area contributed by atoms with Crippen molar-refractivity contribution in [2.75, 3.05) is 6.54 Å². The number of nitrogens with zero attached hydrogens (tertiary/aromatic N) is 2. The lowest BCUT2D eigenvalue weighted by Crippen LogP contribution is -2.46. The zero-order valence-electron chi connectivity index (χ0n) is 21.7. The fourth-order valence-electron chi connectivity index (χ4n) is 6.09. The van der Waals surface area contributed by atoms with Gasteiger partial charge in [-0.25, -0.2) is 0 Å². The molecule has 0 bridgehead atoms. The largest absolute Gasteiger partial charge is 0.329 e. The van der Waals surface area contributed by atoms with Crippen LogP contribution in [0.25, 0.3) is 0 Å². The van der Waals surface area contributed by atoms with Crippen molar-refractivity contribution in [3.63, 3.8) is 0 Å². The maximum Gasteiger partial charge on any atom is 0.262 e. The van der Waals surface area contributed by atoms with Gasteiger partial charge in [-0.3, -0.25) is 19.3 Å². The van der Waals surface area contributed by atoms with Gasteiger partial charge < -0.3 is 4.90 Å². The van der Waals surface area contributed by atoms with Crippen molar-refractivity contribution in [3.05, 3.63) is 143 Å². The molecule has 4 aromatic rings. The number of carbonyl (C=O) groups is 3. The molecule has 0 N–H and O–H groups in total. The average Bonchev–Trinajstić information content (AvgIpc) is 3.22. The molecule has 3 amide bonds. The highest BCUT2D eigenvalue weighted by atomic mass is 16.2. The minimum absolute atomic E-state index is 0.182. The molecule has 39 heavy (non-hydrogen) atoms. The van der Waals surface area contributed by atoms with Gasteiger partial charge in [0.05, 0.1) is 17.2 Å². The number of aryl methyl sites for hydroxylation is 1. The molecule has 6 rings (SSSR count). The molecule has 1 aliphatic heterocycles. The SMILES string of the molecule is O=C1c2ccccc2C(=O)N1CC(=O)N(Cc1ccccc1)[C@@H]1c2ccccc2CC[C@H]1Cc1ccccc1. The maximum atomic E-state index is 14.2. The number of carbonyl (C=O) groups excluding carboxylic acids is 3. The Morgan fingerprint density at radius 1 is 0.718 bits per heavy atom. The number of hydrogen-bond donors (Lipinski definition) is 0. The van der Waals surface area contributed by atoms with Crippen molar-refractivity contribution >= 4 is 17.7 Å². The van der Waals surface area contributed by atoms with E-state index in [1.54, 1.807) is 24.3 Å². The molecule has 5 heteroatoms. The Morgan fingerprint density at radius 3 is 1.95 bits per heavy atom. The summed E-state index contributed by atoms with van der Waals surface area (Å²) in [5, 5.41) is 0. The molecule has 0 fully saturated rings. The molecule has 0 saturated carbocycles. The van der Waals surface area contributed by atoms with Crippen molar-refractivity contribution in [3.8, 4) is 0 Å². The maximum absolute atomic E-state index is 14.2. The van der Waals surface area contributed by atoms with E-state index in [2.05, 4.69) is 42.5 Å². The van der Waals surface area contributed by atoms with Crippen LogP contribution in [0.5, 0.6) is 0 Å². The van der Waals surface area contributed by atoms with E-state index >= 15 is 0 Å². The fourth-order valence-corrected chi connectivity index (χ4v) is 6.09. The molecule has 2 aliphatic rings. The highest BCUT2D eigenvalue weighted by Gasteiger charge is 2.40. The predicted molar refractivity (Wildman–Crippen MR) is 150 cm³/mol. The van der Waals surface area contributed by atoms with Crippen LogP contribution in [-0.2, 0) is 24.2 Å². The quantitative estimate of drug-likeness (QED) is 0.291. The van der Waals surface area contributed by atoms with E-state index in [0.29, 0.717) is 17.7 Å². The van der Waals surface area contributed by atoms with Gasteiger partial charge in [-0.15, -0.1) is 0 Å². The van der Waals surface area contributed by atoms with Crippen LogP contribution < -0.4 is 0 Å². The van der Waals surface area contributed by atoms with Crippen LogP contribution in [0.2, 0.25) is 0 Å². The summed E-state index contributed by atoms with van der Waals surface area (Å²) >= 11 is 0. The highest BCUT2D eigenvalue weighted by molar-refractivity contribution is 6.22. The molecule has 0 radical (unpaired) electrons. The van der Waals surface area contributed by atoms with E-state index in [4.69, 9.17) is 0 Å². The van der Waals surface area contributed by atoms with Crippen LogP contribution in [0.1, 0.15) is 55.4 Å². The third kappa shape index (κ3) is 4.88. The highest BCUT2D eigenvalue weighted by Crippen LogP contribution is 2.41. The third-order valence-corrected chi connectivity index (χ3v) is 7.97. The molecule has 4 aromatic carbocycles. The van der Waals surface area contributed by atoms with E-state index in [0.717, 1.165) is 35.3 Å². The van der Waals surface area contributed by atoms with Gasteiger partial charge in [-0.1, -0.05) is 97.1 Å². The lowest BCUT2D eigenvalue weighted by Gasteiger charge is -2.42. The topological polar surface area (TPSA) is 57.7 Å². The Bertz CT molecular complexity index is 1480. The average molecular weight is 515 g/mol. The number of imide groups is 1. The molecule has 5 nitrogen and oxygen atoms in total. The Morgan fingerprint density at radius 2 is 1.28 bits per heavy atom. The first-order valence-electron chi connectivity index (χ1n) is 13.5. The van der Waals surface area contributed by atoms with Crippen LogP contribution in [-0.4, -0.2) is 34.1 Å². The molecule has 1 aliphatic carbocycles. The first kappa shape index (κ1) is 24.8. The minimum Gasteiger partial charge on any atom is -0.329 e. The zero-order chi connectivity index (χ0) is 26.8. The number of hydrogen-bond acceptors (Lipinski definition) is 3. The van der Waals surface area contributed by atoms with Gasteiger partial charge in [0.2, 0.25) is 5.91 Å². The third-order valence-electron chi connectivity index (χ3n) is 7.97. The monoisotopic (exact) mass is 514 g/mol. The van der Waals surface area contributed by atoms with E-state index in [9.17, 15) is 14.4 Å². The van der Waals surface area contributed by atoms with Gasteiger partial charge in [0.15, 0.2) is 0 Å². The predicted octanol–water partition coefficient (Wildman–Crippen LogP) is 5.86. The fraction of sp³-hybridized carbons (Fsp3) is 0.206. The Kier molecular flexibility index (Phi) is 6.80. The Balaban J connectivity index is 1.38. The lowest BCUT2D eigenvalue weighted by molar-refractivity contribution is -0.136. The van der Waals surface area contributed by atoms with Crippen molar-refractivity contribution in [1.82, 2.24) is 9.80 Å². The van der Waals surface area contributed by atoms with Crippen LogP contribution in [0, 0.1) is 5.92 Å². The zero-order valence-corrected chi connectivity index (χ0v) is 21.7. The van der Waals surface area contributed by atoms with Crippen LogP contribution >= 0.6 is 0 Å². The summed E-state index contributed by atoms with van der Waals surface area (Å²) in [5.41, 5.74) is 5.36. The van der Waals surface area contributed by atoms with Gasteiger partial charge >= 0.3 is 0 Å². The number of fused-ring (bicyclic) bond motifs is 2. The second-order valence-electron chi connectivity index (χ2n) is 10.4. The molecular weight excluding hydrogens is 484 g/mol. The van der Waals surface area contributed by atoms with E-state index in [-0.39, 0.29) is 24.4 Å². The van der Waals surface area contributed by atoms with Gasteiger partial charge in [-0.05, 0) is 59.6 Å². The molecule has 0 spiro atoms. The first-order valence-corrected chi connectivity index (χ1v) is 13.5. The lowest BCUT2D eigenvalue weighted by atomic mass is 9.76. The Labute approximate surface area is 228 Å². The number of rotatable bonds is 7. The van der Waals surface area contributed by atoms with Crippen LogP contribution in [0.15, 0.2) is 109 Å². The summed E-state index contributed by atoms with van der Waals surface area (Å²) in [6.07, 6.45) is 2.74. The van der Waals surface area contributed by atoms with Gasteiger partial charge in [0, 0.05) is 6.54 Å². The molecule has 2 atom stereocenters. The summed E-state index contributed by atoms with van der Waals surface area (Å²) in [4.78, 5) is 43.5. The summed E-state index contributed by atoms with van der Waals surface area (Å²) in [7, 11) is 0. The van der Waals surface area contributed by atoms with Crippen LogP contribution in [0.4, 0.5) is 0 Å². The van der Waals surface area contributed by atoms with Gasteiger partial charge in [-0.2, -0.15) is 0 Å². The second-order valence-corrected chi connectivity index (χ2v) is 10.4. The first-order chi connectivity index (χ1) is 19.1. The van der Waals surface area contributed by atoms with Crippen molar-refractivity contribution < 1.29 is 14.4 Å². The van der Waals surface area contributed by atoms with E-state index < -0.39 is 11.8 Å². The van der Waals surface area contributed by atoms with Crippen LogP contribution in [0.3, 0.4) is 0 Å². The van der Waals surface area contributed by atoms with Gasteiger partial charge in [0.25, 0.3) is 11.8 Å². The molecule has 1 heterocycles. The van der Waals surface area contributed by atoms with Crippen molar-refractivity contribution in [2.45, 2.75) is 31.8 Å². The second kappa shape index (κ2) is 10.7. The summed E-state index contributed by atoms with van der Waals surface area (Å²) in [6, 6.07) is 35.3. The smallest absolute Gasteiger partial charge is 0.262 e. The molecular formula is C34H30N2O3. The van der Waals surface area contributed by atoms with Crippen molar-refractivity contribution in [2.24, 2.45) is 5.92 Å². The summed E-state index contributed by atoms with van der Waals surface area (Å²) in [6.45, 7) is 0.114. The normalized spacial score (nSPS) is 18.0. The number of amides is 3. The number of benzene rings is 4. The Hall–Kier alpha value is -4.51. The summed E-state index contributed by atoms with van der Waals surface area (Å²) < 4.78 is 0. The molecule has 0 unspecified atom stereocenters. The standard InChI is InChI=1S/C34H30N2O3/c37-31(23-36-33(38)29-17-9-10-18-30(29)34(36)39)35(22-25-13-5-2-6-14-25)32-27(21-24-11-3-1-4-12-24)20-19-26-15-7-8-16-28(26)32/h1-18,27,32H,19-23H2/t27-,32-/m0/s1.